The Hall–Kier alpha value is -3.22. The van der Waals surface area contributed by atoms with E-state index >= 15 is 0 Å². The van der Waals surface area contributed by atoms with E-state index in [4.69, 9.17) is 14.2 Å². The van der Waals surface area contributed by atoms with E-state index in [0.29, 0.717) is 11.5 Å². The van der Waals surface area contributed by atoms with Gasteiger partial charge < -0.3 is 14.2 Å². The van der Waals surface area contributed by atoms with Gasteiger partial charge in [-0.05, 0) is 72.7 Å². The summed E-state index contributed by atoms with van der Waals surface area (Å²) >= 11 is 1.47. The number of hydrogen-bond acceptors (Lipinski definition) is 6. The van der Waals surface area contributed by atoms with Crippen molar-refractivity contribution in [2.45, 2.75) is 70.5 Å². The van der Waals surface area contributed by atoms with Crippen LogP contribution in [0.3, 0.4) is 0 Å². The average molecular weight is 561 g/mol. The summed E-state index contributed by atoms with van der Waals surface area (Å²) < 4.78 is 16.5. The molecule has 1 aliphatic rings. The van der Waals surface area contributed by atoms with E-state index in [9.17, 15) is 9.59 Å². The molecule has 3 aromatic rings. The lowest BCUT2D eigenvalue weighted by Crippen LogP contribution is -2.15. The summed E-state index contributed by atoms with van der Waals surface area (Å²) in [5.41, 5.74) is 3.47. The van der Waals surface area contributed by atoms with E-state index in [-0.39, 0.29) is 29.7 Å². The van der Waals surface area contributed by atoms with E-state index < -0.39 is 0 Å². The number of thiophene rings is 1. The predicted molar refractivity (Wildman–Crippen MR) is 160 cm³/mol. The van der Waals surface area contributed by atoms with Gasteiger partial charge in [-0.2, -0.15) is 0 Å². The van der Waals surface area contributed by atoms with Crippen molar-refractivity contribution < 1.29 is 23.8 Å². The molecule has 1 heterocycles. The fourth-order valence-corrected chi connectivity index (χ4v) is 6.26. The number of esters is 1. The predicted octanol–water partition coefficient (Wildman–Crippen LogP) is 8.24. The molecule has 1 unspecified atom stereocenters. The number of ether oxygens (including phenoxy) is 3. The van der Waals surface area contributed by atoms with Gasteiger partial charge >= 0.3 is 5.97 Å². The molecule has 0 amide bonds. The van der Waals surface area contributed by atoms with Gasteiger partial charge in [0.25, 0.3) is 0 Å². The lowest BCUT2D eigenvalue weighted by atomic mass is 9.84. The van der Waals surface area contributed by atoms with Crippen LogP contribution in [0.2, 0.25) is 0 Å². The Kier molecular flexibility index (Phi) is 11.1. The number of carbonyl (C=O) groups is 2. The summed E-state index contributed by atoms with van der Waals surface area (Å²) in [5, 5.41) is 0. The highest BCUT2D eigenvalue weighted by atomic mass is 32.1. The number of allylic oxidation sites excluding steroid dienone is 2. The van der Waals surface area contributed by atoms with Crippen LogP contribution >= 0.6 is 11.3 Å². The van der Waals surface area contributed by atoms with Gasteiger partial charge in [-0.1, -0.05) is 68.7 Å². The number of ketones is 1. The summed E-state index contributed by atoms with van der Waals surface area (Å²) in [6, 6.07) is 20.5. The molecule has 3 atom stereocenters. The van der Waals surface area contributed by atoms with E-state index in [1.54, 1.807) is 13.2 Å². The number of carbonyl (C=O) groups excluding carboxylic acids is 2. The van der Waals surface area contributed by atoms with Crippen LogP contribution in [-0.4, -0.2) is 26.0 Å². The number of aryl methyl sites for hydroxylation is 1. The van der Waals surface area contributed by atoms with E-state index in [0.717, 1.165) is 48.3 Å². The first-order valence-corrected chi connectivity index (χ1v) is 15.1. The second-order valence-corrected chi connectivity index (χ2v) is 11.5. The molecule has 2 aromatic carbocycles. The van der Waals surface area contributed by atoms with Gasteiger partial charge in [0.1, 0.15) is 10.6 Å². The summed E-state index contributed by atoms with van der Waals surface area (Å²) in [5.74, 6) is 0.798. The highest BCUT2D eigenvalue weighted by Crippen LogP contribution is 2.37. The third kappa shape index (κ3) is 7.92. The molecule has 1 aliphatic carbocycles. The van der Waals surface area contributed by atoms with Crippen LogP contribution in [0, 0.1) is 5.92 Å². The van der Waals surface area contributed by atoms with Gasteiger partial charge in [0.2, 0.25) is 0 Å². The summed E-state index contributed by atoms with van der Waals surface area (Å²) in [7, 11) is 3.07. The summed E-state index contributed by atoms with van der Waals surface area (Å²) in [4.78, 5) is 26.2. The molecular formula is C34H40O5S. The highest BCUT2D eigenvalue weighted by molar-refractivity contribution is 7.13. The zero-order chi connectivity index (χ0) is 28.3. The van der Waals surface area contributed by atoms with Gasteiger partial charge in [0.15, 0.2) is 5.78 Å². The molecule has 4 rings (SSSR count). The Morgan fingerprint density at radius 2 is 1.73 bits per heavy atom. The van der Waals surface area contributed by atoms with E-state index in [2.05, 4.69) is 37.3 Å². The SMILES string of the molecule is CCCCCC(OCc1ccc(OC)cc1)c1ccc([C@@H]2C=CC(=O)[C@@H]2CCCc2ccc(C(=O)OC)s2)cc1. The van der Waals surface area contributed by atoms with Gasteiger partial charge in [0, 0.05) is 16.7 Å². The monoisotopic (exact) mass is 560 g/mol. The van der Waals surface area contributed by atoms with E-state index in [1.165, 1.54) is 42.4 Å². The first kappa shape index (κ1) is 29.8. The van der Waals surface area contributed by atoms with Crippen LogP contribution in [0.25, 0.3) is 0 Å². The van der Waals surface area contributed by atoms with Crippen molar-refractivity contribution in [3.05, 3.63) is 99.3 Å². The van der Waals surface area contributed by atoms with Crippen LogP contribution in [0.15, 0.2) is 72.8 Å². The topological polar surface area (TPSA) is 61.8 Å². The van der Waals surface area contributed by atoms with Gasteiger partial charge in [-0.25, -0.2) is 4.79 Å². The third-order valence-corrected chi connectivity index (χ3v) is 8.75. The molecule has 0 spiro atoms. The van der Waals surface area contributed by atoms with Crippen molar-refractivity contribution in [2.24, 2.45) is 5.92 Å². The van der Waals surface area contributed by atoms with Crippen molar-refractivity contribution in [3.8, 4) is 5.75 Å². The maximum absolute atomic E-state index is 12.7. The lowest BCUT2D eigenvalue weighted by molar-refractivity contribution is -0.117. The van der Waals surface area contributed by atoms with Crippen LogP contribution in [-0.2, 0) is 27.3 Å². The molecule has 0 aliphatic heterocycles. The second-order valence-electron chi connectivity index (χ2n) is 10.4. The first-order valence-electron chi connectivity index (χ1n) is 14.3. The maximum atomic E-state index is 12.7. The fraction of sp³-hybridized carbons (Fsp3) is 0.412. The summed E-state index contributed by atoms with van der Waals surface area (Å²) in [6.07, 6.45) is 10.9. The molecule has 0 saturated carbocycles. The molecule has 6 heteroatoms. The van der Waals surface area contributed by atoms with Gasteiger partial charge in [-0.15, -0.1) is 11.3 Å². The molecule has 0 bridgehead atoms. The minimum Gasteiger partial charge on any atom is -0.497 e. The fourth-order valence-electron chi connectivity index (χ4n) is 5.29. The molecule has 212 valence electrons. The van der Waals surface area contributed by atoms with Crippen LogP contribution in [0.4, 0.5) is 0 Å². The average Bonchev–Trinajstić information content (AvgIpc) is 3.61. The Labute approximate surface area is 242 Å². The largest absolute Gasteiger partial charge is 0.497 e. The van der Waals surface area contributed by atoms with E-state index in [1.807, 2.05) is 36.4 Å². The minimum absolute atomic E-state index is 0.0277. The first-order chi connectivity index (χ1) is 19.5. The van der Waals surface area contributed by atoms with Crippen LogP contribution in [0.1, 0.15) is 88.7 Å². The molecule has 1 aromatic heterocycles. The molecule has 0 N–H and O–H groups in total. The smallest absolute Gasteiger partial charge is 0.348 e. The van der Waals surface area contributed by atoms with Crippen molar-refractivity contribution in [1.82, 2.24) is 0 Å². The Morgan fingerprint density at radius 1 is 0.950 bits per heavy atom. The normalized spacial score (nSPS) is 17.2. The number of rotatable bonds is 15. The number of hydrogen-bond donors (Lipinski definition) is 0. The lowest BCUT2D eigenvalue weighted by Gasteiger charge is -2.21. The van der Waals surface area contributed by atoms with Gasteiger partial charge in [-0.3, -0.25) is 4.79 Å². The number of methoxy groups -OCH3 is 2. The Morgan fingerprint density at radius 3 is 2.42 bits per heavy atom. The third-order valence-electron chi connectivity index (χ3n) is 7.63. The zero-order valence-corrected chi connectivity index (χ0v) is 24.6. The molecule has 5 nitrogen and oxygen atoms in total. The standard InChI is InChI=1S/C34H40O5S/c1-4-5-6-10-32(39-23-24-11-17-27(37-2)18-12-24)26-15-13-25(14-16-26)29-20-21-31(35)30(29)9-7-8-28-19-22-33(40-28)34(36)38-3/h11-22,29-30,32H,4-10,23H2,1-3H3/t29-,30+,32?/m0/s1. The molecule has 40 heavy (non-hydrogen) atoms. The number of benzene rings is 2. The quantitative estimate of drug-likeness (QED) is 0.138. The van der Waals surface area contributed by atoms with Crippen LogP contribution < -0.4 is 4.74 Å². The van der Waals surface area contributed by atoms with Crippen molar-refractivity contribution in [1.29, 1.82) is 0 Å². The Bertz CT molecular complexity index is 1260. The van der Waals surface area contributed by atoms with Crippen LogP contribution in [0.5, 0.6) is 5.75 Å². The van der Waals surface area contributed by atoms with Crippen molar-refractivity contribution in [2.75, 3.05) is 14.2 Å². The van der Waals surface area contributed by atoms with Crippen molar-refractivity contribution in [3.63, 3.8) is 0 Å². The molecule has 0 fully saturated rings. The number of unbranched alkanes of at least 4 members (excludes halogenated alkanes) is 2. The van der Waals surface area contributed by atoms with Crippen molar-refractivity contribution >= 4 is 23.1 Å². The molecular weight excluding hydrogens is 520 g/mol. The molecule has 0 radical (unpaired) electrons. The second kappa shape index (κ2) is 15.0. The maximum Gasteiger partial charge on any atom is 0.348 e. The molecule has 0 saturated heterocycles. The highest BCUT2D eigenvalue weighted by Gasteiger charge is 2.31. The minimum atomic E-state index is -0.298. The summed E-state index contributed by atoms with van der Waals surface area (Å²) in [6.45, 7) is 2.77. The van der Waals surface area contributed by atoms with Gasteiger partial charge in [0.05, 0.1) is 26.9 Å². The zero-order valence-electron chi connectivity index (χ0n) is 23.8. The Balaban J connectivity index is 1.37.